The topological polar surface area (TPSA) is 37.8 Å². The molecule has 0 aliphatic rings. The highest BCUT2D eigenvalue weighted by molar-refractivity contribution is 6.29. The van der Waals surface area contributed by atoms with Crippen LogP contribution in [0.1, 0.15) is 13.8 Å². The van der Waals surface area contributed by atoms with Crippen LogP contribution in [0.3, 0.4) is 0 Å². The summed E-state index contributed by atoms with van der Waals surface area (Å²) in [7, 11) is 0. The predicted molar refractivity (Wildman–Crippen MR) is 53.6 cm³/mol. The summed E-state index contributed by atoms with van der Waals surface area (Å²) >= 11 is 5.65. The van der Waals surface area contributed by atoms with E-state index in [0.29, 0.717) is 11.0 Å². The second kappa shape index (κ2) is 3.63. The van der Waals surface area contributed by atoms with Gasteiger partial charge in [0.1, 0.15) is 11.0 Å². The van der Waals surface area contributed by atoms with Gasteiger partial charge in [-0.2, -0.15) is 0 Å². The SMILES string of the molecule is C#CC(C)(C)Nc1cncc(Cl)n1. The lowest BCUT2D eigenvalue weighted by atomic mass is 10.1. The van der Waals surface area contributed by atoms with Crippen molar-refractivity contribution in [2.24, 2.45) is 0 Å². The molecule has 0 bridgehead atoms. The van der Waals surface area contributed by atoms with Crippen LogP contribution in [0, 0.1) is 12.3 Å². The van der Waals surface area contributed by atoms with Gasteiger partial charge in [-0.25, -0.2) is 4.98 Å². The number of nitrogens with zero attached hydrogens (tertiary/aromatic N) is 2. The predicted octanol–water partition coefficient (Wildman–Crippen LogP) is 1.95. The first kappa shape index (κ1) is 9.82. The zero-order chi connectivity index (χ0) is 9.90. The fourth-order valence-corrected chi connectivity index (χ4v) is 0.906. The largest absolute Gasteiger partial charge is 0.353 e. The quantitative estimate of drug-likeness (QED) is 0.734. The molecule has 0 spiro atoms. The Hall–Kier alpha value is -1.27. The van der Waals surface area contributed by atoms with Crippen molar-refractivity contribution in [1.82, 2.24) is 9.97 Å². The third kappa shape index (κ3) is 2.92. The van der Waals surface area contributed by atoms with Crippen LogP contribution in [0.2, 0.25) is 5.15 Å². The van der Waals surface area contributed by atoms with Crippen molar-refractivity contribution in [3.8, 4) is 12.3 Å². The van der Waals surface area contributed by atoms with Gasteiger partial charge in [0.25, 0.3) is 0 Å². The van der Waals surface area contributed by atoms with Gasteiger partial charge >= 0.3 is 0 Å². The van der Waals surface area contributed by atoms with Crippen molar-refractivity contribution in [3.63, 3.8) is 0 Å². The molecule has 0 amide bonds. The maximum absolute atomic E-state index is 5.65. The summed E-state index contributed by atoms with van der Waals surface area (Å²) in [4.78, 5) is 7.88. The van der Waals surface area contributed by atoms with E-state index in [1.54, 1.807) is 6.20 Å². The summed E-state index contributed by atoms with van der Waals surface area (Å²) < 4.78 is 0. The molecule has 1 aromatic heterocycles. The first-order valence-corrected chi connectivity index (χ1v) is 4.15. The Morgan fingerprint density at radius 1 is 1.54 bits per heavy atom. The highest BCUT2D eigenvalue weighted by Crippen LogP contribution is 2.12. The first-order chi connectivity index (χ1) is 6.03. The van der Waals surface area contributed by atoms with Gasteiger partial charge in [0, 0.05) is 0 Å². The standard InChI is InChI=1S/C9H10ClN3/c1-4-9(2,3)13-8-6-11-5-7(10)12-8/h1,5-6H,2-3H3,(H,12,13). The summed E-state index contributed by atoms with van der Waals surface area (Å²) in [6, 6.07) is 0. The lowest BCUT2D eigenvalue weighted by Gasteiger charge is -2.19. The third-order valence-electron chi connectivity index (χ3n) is 1.41. The molecule has 0 aromatic carbocycles. The molecule has 0 fully saturated rings. The van der Waals surface area contributed by atoms with E-state index in [2.05, 4.69) is 21.2 Å². The Balaban J connectivity index is 2.82. The number of anilines is 1. The normalized spacial score (nSPS) is 10.6. The molecule has 0 atom stereocenters. The van der Waals surface area contributed by atoms with Gasteiger partial charge in [0.05, 0.1) is 17.9 Å². The van der Waals surface area contributed by atoms with Crippen molar-refractivity contribution in [1.29, 1.82) is 0 Å². The van der Waals surface area contributed by atoms with Crippen LogP contribution in [-0.4, -0.2) is 15.5 Å². The number of hydrogen-bond donors (Lipinski definition) is 1. The molecule has 1 aromatic rings. The van der Waals surface area contributed by atoms with E-state index < -0.39 is 5.54 Å². The zero-order valence-electron chi connectivity index (χ0n) is 7.50. The average Bonchev–Trinajstić information content (AvgIpc) is 2.03. The van der Waals surface area contributed by atoms with Gasteiger partial charge in [0.15, 0.2) is 0 Å². The summed E-state index contributed by atoms with van der Waals surface area (Å²) in [6.45, 7) is 3.74. The highest BCUT2D eigenvalue weighted by Gasteiger charge is 2.13. The molecule has 0 saturated heterocycles. The molecule has 0 saturated carbocycles. The molecular formula is C9H10ClN3. The van der Waals surface area contributed by atoms with Crippen molar-refractivity contribution in [2.75, 3.05) is 5.32 Å². The van der Waals surface area contributed by atoms with Crippen molar-refractivity contribution in [2.45, 2.75) is 19.4 Å². The van der Waals surface area contributed by atoms with Crippen molar-refractivity contribution < 1.29 is 0 Å². The number of hydrogen-bond acceptors (Lipinski definition) is 3. The maximum Gasteiger partial charge on any atom is 0.149 e. The van der Waals surface area contributed by atoms with Gasteiger partial charge in [-0.3, -0.25) is 4.98 Å². The van der Waals surface area contributed by atoms with Crippen LogP contribution in [0.15, 0.2) is 12.4 Å². The number of rotatable bonds is 2. The molecule has 0 radical (unpaired) electrons. The van der Waals surface area contributed by atoms with Crippen molar-refractivity contribution >= 4 is 17.4 Å². The second-order valence-electron chi connectivity index (χ2n) is 3.12. The minimum absolute atomic E-state index is 0.345. The lowest BCUT2D eigenvalue weighted by molar-refractivity contribution is 0.735. The molecule has 0 unspecified atom stereocenters. The molecule has 68 valence electrons. The van der Waals surface area contributed by atoms with E-state index >= 15 is 0 Å². The summed E-state index contributed by atoms with van der Waals surface area (Å²) in [6.07, 6.45) is 8.34. The molecule has 0 aliphatic carbocycles. The van der Waals surface area contributed by atoms with Gasteiger partial charge in [-0.05, 0) is 13.8 Å². The fraction of sp³-hybridized carbons (Fsp3) is 0.333. The molecule has 1 heterocycles. The summed E-state index contributed by atoms with van der Waals surface area (Å²) in [5, 5.41) is 3.36. The molecule has 4 heteroatoms. The Labute approximate surface area is 82.5 Å². The monoisotopic (exact) mass is 195 g/mol. The molecule has 1 rings (SSSR count). The highest BCUT2D eigenvalue weighted by atomic mass is 35.5. The lowest BCUT2D eigenvalue weighted by Crippen LogP contribution is -2.28. The van der Waals surface area contributed by atoms with Crippen LogP contribution < -0.4 is 5.32 Å². The first-order valence-electron chi connectivity index (χ1n) is 3.77. The van der Waals surface area contributed by atoms with Crippen LogP contribution in [-0.2, 0) is 0 Å². The van der Waals surface area contributed by atoms with E-state index in [0.717, 1.165) is 0 Å². The average molecular weight is 196 g/mol. The second-order valence-corrected chi connectivity index (χ2v) is 3.51. The van der Waals surface area contributed by atoms with Gasteiger partial charge in [0.2, 0.25) is 0 Å². The fourth-order valence-electron chi connectivity index (χ4n) is 0.759. The van der Waals surface area contributed by atoms with E-state index in [9.17, 15) is 0 Å². The summed E-state index contributed by atoms with van der Waals surface area (Å²) in [5.74, 6) is 3.17. The third-order valence-corrected chi connectivity index (χ3v) is 1.59. The van der Waals surface area contributed by atoms with Gasteiger partial charge in [-0.15, -0.1) is 6.42 Å². The summed E-state index contributed by atoms with van der Waals surface area (Å²) in [5.41, 5.74) is -0.445. The Morgan fingerprint density at radius 2 is 2.23 bits per heavy atom. The number of nitrogens with one attached hydrogen (secondary N) is 1. The number of terminal acetylenes is 1. The van der Waals surface area contributed by atoms with E-state index in [1.165, 1.54) is 6.20 Å². The Morgan fingerprint density at radius 3 is 2.77 bits per heavy atom. The minimum Gasteiger partial charge on any atom is -0.353 e. The molecular weight excluding hydrogens is 186 g/mol. The van der Waals surface area contributed by atoms with Gasteiger partial charge in [-0.1, -0.05) is 17.5 Å². The molecule has 13 heavy (non-hydrogen) atoms. The zero-order valence-corrected chi connectivity index (χ0v) is 8.26. The Kier molecular flexibility index (Phi) is 2.74. The van der Waals surface area contributed by atoms with Crippen LogP contribution in [0.25, 0.3) is 0 Å². The van der Waals surface area contributed by atoms with Crippen LogP contribution in [0.5, 0.6) is 0 Å². The van der Waals surface area contributed by atoms with Crippen molar-refractivity contribution in [3.05, 3.63) is 17.5 Å². The van der Waals surface area contributed by atoms with E-state index in [1.807, 2.05) is 13.8 Å². The molecule has 1 N–H and O–H groups in total. The maximum atomic E-state index is 5.65. The molecule has 3 nitrogen and oxygen atoms in total. The number of aromatic nitrogens is 2. The molecule has 0 aliphatic heterocycles. The van der Waals surface area contributed by atoms with E-state index in [-0.39, 0.29) is 0 Å². The van der Waals surface area contributed by atoms with Crippen LogP contribution >= 0.6 is 11.6 Å². The van der Waals surface area contributed by atoms with Gasteiger partial charge < -0.3 is 5.32 Å². The van der Waals surface area contributed by atoms with E-state index in [4.69, 9.17) is 18.0 Å². The smallest absolute Gasteiger partial charge is 0.149 e. The van der Waals surface area contributed by atoms with Crippen LogP contribution in [0.4, 0.5) is 5.82 Å². The Bertz CT molecular complexity index is 341. The minimum atomic E-state index is -0.445. The number of halogens is 1.